The van der Waals surface area contributed by atoms with Crippen LogP contribution < -0.4 is 5.32 Å². The minimum atomic E-state index is -0.437. The lowest BCUT2D eigenvalue weighted by Gasteiger charge is -1.81. The summed E-state index contributed by atoms with van der Waals surface area (Å²) in [5.41, 5.74) is 0. The molecule has 0 aromatic carbocycles. The SMILES string of the molecule is O=C1NC(=S)S/C1=N\O. The lowest BCUT2D eigenvalue weighted by molar-refractivity contribution is -0.113. The van der Waals surface area contributed by atoms with Gasteiger partial charge in [-0.25, -0.2) is 0 Å². The molecule has 48 valence electrons. The maximum atomic E-state index is 10.5. The molecule has 0 aromatic rings. The van der Waals surface area contributed by atoms with E-state index in [9.17, 15) is 4.79 Å². The van der Waals surface area contributed by atoms with Crippen LogP contribution >= 0.6 is 24.0 Å². The highest BCUT2D eigenvalue weighted by Gasteiger charge is 2.24. The Morgan fingerprint density at radius 1 is 1.78 bits per heavy atom. The van der Waals surface area contributed by atoms with Gasteiger partial charge in [-0.2, -0.15) is 0 Å². The Balaban J connectivity index is 2.81. The number of amides is 1. The largest absolute Gasteiger partial charge is 0.410 e. The van der Waals surface area contributed by atoms with Crippen LogP contribution in [0.4, 0.5) is 0 Å². The van der Waals surface area contributed by atoms with E-state index in [2.05, 4.69) is 22.7 Å². The van der Waals surface area contributed by atoms with E-state index in [4.69, 9.17) is 5.21 Å². The number of nitrogens with zero attached hydrogens (tertiary/aromatic N) is 1. The summed E-state index contributed by atoms with van der Waals surface area (Å²) >= 11 is 5.52. The van der Waals surface area contributed by atoms with Crippen molar-refractivity contribution in [3.05, 3.63) is 0 Å². The molecule has 2 N–H and O–H groups in total. The zero-order chi connectivity index (χ0) is 6.85. The molecule has 0 atom stereocenters. The summed E-state index contributed by atoms with van der Waals surface area (Å²) in [6, 6.07) is 0. The molecule has 1 amide bonds. The summed E-state index contributed by atoms with van der Waals surface area (Å²) in [6.07, 6.45) is 0. The fraction of sp³-hybridized carbons (Fsp3) is 0. The molecule has 1 heterocycles. The molecule has 1 saturated heterocycles. The highest BCUT2D eigenvalue weighted by molar-refractivity contribution is 8.35. The van der Waals surface area contributed by atoms with Gasteiger partial charge in [0.05, 0.1) is 0 Å². The van der Waals surface area contributed by atoms with Crippen molar-refractivity contribution in [2.45, 2.75) is 0 Å². The Kier molecular flexibility index (Phi) is 1.68. The van der Waals surface area contributed by atoms with E-state index >= 15 is 0 Å². The number of nitrogens with one attached hydrogen (secondary N) is 1. The quantitative estimate of drug-likeness (QED) is 0.297. The number of hydrogen-bond donors (Lipinski definition) is 2. The number of oxime groups is 1. The maximum absolute atomic E-state index is 10.5. The van der Waals surface area contributed by atoms with Crippen molar-refractivity contribution in [3.63, 3.8) is 0 Å². The van der Waals surface area contributed by atoms with Gasteiger partial charge >= 0.3 is 0 Å². The molecule has 1 fully saturated rings. The van der Waals surface area contributed by atoms with Crippen LogP contribution in [0.25, 0.3) is 0 Å². The van der Waals surface area contributed by atoms with Crippen LogP contribution in [0.5, 0.6) is 0 Å². The van der Waals surface area contributed by atoms with Crippen molar-refractivity contribution >= 4 is 39.3 Å². The lowest BCUT2D eigenvalue weighted by Crippen LogP contribution is -2.20. The Bertz CT molecular complexity index is 200. The van der Waals surface area contributed by atoms with Crippen molar-refractivity contribution in [2.75, 3.05) is 0 Å². The fourth-order valence-electron chi connectivity index (χ4n) is 0.372. The van der Waals surface area contributed by atoms with Gasteiger partial charge in [0.15, 0.2) is 0 Å². The standard InChI is InChI=1S/C3H2N2O2S2/c6-1-2(5-7)9-3(8)4-1/h7H,(H,4,6,8)/b5-2-. The maximum Gasteiger partial charge on any atom is 0.285 e. The molecule has 0 bridgehead atoms. The summed E-state index contributed by atoms with van der Waals surface area (Å²) in [5.74, 6) is -0.437. The minimum absolute atomic E-state index is 0.000000000000000222. The molecular formula is C3H2N2O2S2. The molecule has 1 aliphatic rings. The number of carbonyl (C=O) groups is 1. The second-order valence-corrected chi connectivity index (χ2v) is 2.91. The van der Waals surface area contributed by atoms with Gasteiger partial charge in [0.2, 0.25) is 5.04 Å². The normalized spacial score (nSPS) is 22.9. The molecular weight excluding hydrogens is 160 g/mol. The van der Waals surface area contributed by atoms with Crippen LogP contribution in [-0.2, 0) is 4.79 Å². The van der Waals surface area contributed by atoms with Gasteiger partial charge in [0, 0.05) is 0 Å². The van der Waals surface area contributed by atoms with Gasteiger partial charge < -0.3 is 10.5 Å². The summed E-state index contributed by atoms with van der Waals surface area (Å²) in [4.78, 5) is 10.5. The predicted octanol–water partition coefficient (Wildman–Crippen LogP) is -0.0780. The van der Waals surface area contributed by atoms with Crippen molar-refractivity contribution in [2.24, 2.45) is 5.16 Å². The highest BCUT2D eigenvalue weighted by Crippen LogP contribution is 2.11. The second kappa shape index (κ2) is 2.32. The van der Waals surface area contributed by atoms with Gasteiger partial charge in [-0.1, -0.05) is 17.4 Å². The number of carbonyl (C=O) groups excluding carboxylic acids is 1. The molecule has 0 radical (unpaired) electrons. The average molecular weight is 162 g/mol. The molecule has 1 rings (SSSR count). The average Bonchev–Trinajstić information content (AvgIpc) is 2.10. The predicted molar refractivity (Wildman–Crippen MR) is 37.6 cm³/mol. The van der Waals surface area contributed by atoms with E-state index in [0.717, 1.165) is 11.8 Å². The topological polar surface area (TPSA) is 61.7 Å². The van der Waals surface area contributed by atoms with Gasteiger partial charge in [-0.3, -0.25) is 4.79 Å². The van der Waals surface area contributed by atoms with Gasteiger partial charge in [-0.15, -0.1) is 0 Å². The highest BCUT2D eigenvalue weighted by atomic mass is 32.2. The van der Waals surface area contributed by atoms with Crippen LogP contribution in [0, 0.1) is 0 Å². The molecule has 1 aliphatic heterocycles. The first kappa shape index (κ1) is 6.50. The van der Waals surface area contributed by atoms with Crippen molar-refractivity contribution in [1.82, 2.24) is 5.32 Å². The Morgan fingerprint density at radius 2 is 2.44 bits per heavy atom. The third-order valence-electron chi connectivity index (χ3n) is 0.690. The van der Waals surface area contributed by atoms with Crippen molar-refractivity contribution < 1.29 is 10.0 Å². The monoisotopic (exact) mass is 162 g/mol. The first-order chi connectivity index (χ1) is 4.24. The Hall–Kier alpha value is -0.620. The van der Waals surface area contributed by atoms with Crippen molar-refractivity contribution in [1.29, 1.82) is 0 Å². The number of thioether (sulfide) groups is 1. The number of thiocarbonyl (C=S) groups is 1. The van der Waals surface area contributed by atoms with Crippen molar-refractivity contribution in [3.8, 4) is 0 Å². The molecule has 6 heteroatoms. The molecule has 0 unspecified atom stereocenters. The summed E-state index contributed by atoms with van der Waals surface area (Å²) in [7, 11) is 0. The summed E-state index contributed by atoms with van der Waals surface area (Å²) < 4.78 is 0.327. The van der Waals surface area contributed by atoms with E-state index in [-0.39, 0.29) is 5.04 Å². The third kappa shape index (κ3) is 1.19. The van der Waals surface area contributed by atoms with E-state index < -0.39 is 5.91 Å². The minimum Gasteiger partial charge on any atom is -0.410 e. The molecule has 0 aromatic heterocycles. The van der Waals surface area contributed by atoms with E-state index in [1.807, 2.05) is 0 Å². The van der Waals surface area contributed by atoms with E-state index in [0.29, 0.717) is 4.32 Å². The van der Waals surface area contributed by atoms with Gasteiger partial charge in [0.1, 0.15) is 4.32 Å². The van der Waals surface area contributed by atoms with Crippen LogP contribution in [0.3, 0.4) is 0 Å². The first-order valence-corrected chi connectivity index (χ1v) is 3.21. The summed E-state index contributed by atoms with van der Waals surface area (Å²) in [6.45, 7) is 0. The van der Waals surface area contributed by atoms with Crippen LogP contribution in [0.1, 0.15) is 0 Å². The molecule has 0 aliphatic carbocycles. The van der Waals surface area contributed by atoms with Crippen LogP contribution in [0.2, 0.25) is 0 Å². The zero-order valence-corrected chi connectivity index (χ0v) is 5.75. The molecule has 9 heavy (non-hydrogen) atoms. The number of hydrogen-bond acceptors (Lipinski definition) is 5. The Morgan fingerprint density at radius 3 is 2.67 bits per heavy atom. The summed E-state index contributed by atoms with van der Waals surface area (Å²) in [5, 5.41) is 13.1. The van der Waals surface area contributed by atoms with Crippen LogP contribution in [-0.4, -0.2) is 20.5 Å². The van der Waals surface area contributed by atoms with Crippen LogP contribution in [0.15, 0.2) is 5.16 Å². The van der Waals surface area contributed by atoms with Gasteiger partial charge in [-0.05, 0) is 11.8 Å². The molecule has 0 spiro atoms. The zero-order valence-electron chi connectivity index (χ0n) is 4.12. The smallest absolute Gasteiger partial charge is 0.285 e. The van der Waals surface area contributed by atoms with E-state index in [1.165, 1.54) is 0 Å². The first-order valence-electron chi connectivity index (χ1n) is 1.99. The third-order valence-corrected chi connectivity index (χ3v) is 1.79. The fourth-order valence-corrected chi connectivity index (χ4v) is 1.21. The number of rotatable bonds is 0. The second-order valence-electron chi connectivity index (χ2n) is 1.25. The Labute approximate surface area is 60.3 Å². The molecule has 4 nitrogen and oxygen atoms in total. The van der Waals surface area contributed by atoms with E-state index in [1.54, 1.807) is 0 Å². The molecule has 0 saturated carbocycles. The lowest BCUT2D eigenvalue weighted by atomic mass is 10.7. The van der Waals surface area contributed by atoms with Gasteiger partial charge in [0.25, 0.3) is 5.91 Å².